The van der Waals surface area contributed by atoms with Gasteiger partial charge in [0.05, 0.1) is 12.7 Å². The summed E-state index contributed by atoms with van der Waals surface area (Å²) in [6, 6.07) is 12.4. The lowest BCUT2D eigenvalue weighted by Crippen LogP contribution is -2.26. The molecule has 0 heterocycles. The Morgan fingerprint density at radius 2 is 2.05 bits per heavy atom. The van der Waals surface area contributed by atoms with Gasteiger partial charge in [0.15, 0.2) is 0 Å². The molecule has 2 aromatic carbocycles. The number of rotatable bonds is 4. The van der Waals surface area contributed by atoms with E-state index in [0.717, 1.165) is 15.8 Å². The maximum Gasteiger partial charge on any atom is 0.257 e. The first-order chi connectivity index (χ1) is 10.0. The van der Waals surface area contributed by atoms with Crippen molar-refractivity contribution in [1.82, 2.24) is 4.90 Å². The fourth-order valence-electron chi connectivity index (χ4n) is 2.01. The number of carbonyl (C=O) groups excluding carboxylic acids is 1. The second kappa shape index (κ2) is 6.63. The fraction of sp³-hybridized carbons (Fsp3) is 0.188. The molecular weight excluding hydrogens is 334 g/mol. The van der Waals surface area contributed by atoms with E-state index in [0.29, 0.717) is 6.54 Å². The minimum absolute atomic E-state index is 0.0353. The van der Waals surface area contributed by atoms with Crippen molar-refractivity contribution >= 4 is 21.8 Å². The number of hydrogen-bond acceptors (Lipinski definition) is 3. The Bertz CT molecular complexity index is 658. The summed E-state index contributed by atoms with van der Waals surface area (Å²) in [6.07, 6.45) is 0. The van der Waals surface area contributed by atoms with Gasteiger partial charge in [-0.05, 0) is 35.9 Å². The molecule has 0 unspecified atom stereocenters. The van der Waals surface area contributed by atoms with E-state index < -0.39 is 0 Å². The van der Waals surface area contributed by atoms with E-state index in [1.807, 2.05) is 24.3 Å². The molecule has 5 heteroatoms. The van der Waals surface area contributed by atoms with Crippen molar-refractivity contribution in [3.05, 3.63) is 58.1 Å². The molecule has 0 atom stereocenters. The van der Waals surface area contributed by atoms with Crippen LogP contribution >= 0.6 is 15.9 Å². The average Bonchev–Trinajstić information content (AvgIpc) is 2.46. The third kappa shape index (κ3) is 3.76. The topological polar surface area (TPSA) is 49.8 Å². The molecule has 4 nitrogen and oxygen atoms in total. The number of nitrogens with zero attached hydrogens (tertiary/aromatic N) is 1. The first-order valence-corrected chi connectivity index (χ1v) is 7.17. The number of amides is 1. The summed E-state index contributed by atoms with van der Waals surface area (Å²) in [5.74, 6) is 0.481. The minimum Gasteiger partial charge on any atom is -0.507 e. The maximum atomic E-state index is 12.4. The summed E-state index contributed by atoms with van der Waals surface area (Å²) in [5.41, 5.74) is 1.24. The molecule has 0 bridgehead atoms. The standard InChI is InChI=1S/C16H16BrNO3/c1-18(10-11-4-3-5-13(8-11)21-2)16(20)14-7-6-12(17)9-15(14)19/h3-9,19H,10H2,1-2H3. The predicted octanol–water partition coefficient (Wildman–Crippen LogP) is 3.44. The highest BCUT2D eigenvalue weighted by Crippen LogP contribution is 2.24. The highest BCUT2D eigenvalue weighted by atomic mass is 79.9. The van der Waals surface area contributed by atoms with Crippen molar-refractivity contribution in [2.75, 3.05) is 14.2 Å². The van der Waals surface area contributed by atoms with Crippen molar-refractivity contribution in [1.29, 1.82) is 0 Å². The Labute approximate surface area is 132 Å². The van der Waals surface area contributed by atoms with E-state index in [-0.39, 0.29) is 17.2 Å². The fourth-order valence-corrected chi connectivity index (χ4v) is 2.36. The SMILES string of the molecule is COc1cccc(CN(C)C(=O)c2ccc(Br)cc2O)c1. The number of hydrogen-bond donors (Lipinski definition) is 1. The van der Waals surface area contributed by atoms with Gasteiger partial charge in [0.25, 0.3) is 5.91 Å². The van der Waals surface area contributed by atoms with Crippen LogP contribution in [0, 0.1) is 0 Å². The van der Waals surface area contributed by atoms with Gasteiger partial charge in [-0.2, -0.15) is 0 Å². The molecule has 0 saturated heterocycles. The quantitative estimate of drug-likeness (QED) is 0.919. The summed E-state index contributed by atoms with van der Waals surface area (Å²) in [4.78, 5) is 13.9. The lowest BCUT2D eigenvalue weighted by molar-refractivity contribution is 0.0782. The molecule has 0 aliphatic heterocycles. The molecule has 0 spiro atoms. The van der Waals surface area contributed by atoms with Gasteiger partial charge in [-0.3, -0.25) is 4.79 Å². The van der Waals surface area contributed by atoms with Crippen LogP contribution in [0.3, 0.4) is 0 Å². The third-order valence-corrected chi connectivity index (χ3v) is 3.58. The van der Waals surface area contributed by atoms with Crippen molar-refractivity contribution in [3.63, 3.8) is 0 Å². The van der Waals surface area contributed by atoms with Gasteiger partial charge in [0.2, 0.25) is 0 Å². The van der Waals surface area contributed by atoms with E-state index in [9.17, 15) is 9.90 Å². The molecule has 2 aromatic rings. The second-order valence-electron chi connectivity index (χ2n) is 4.67. The van der Waals surface area contributed by atoms with Crippen LogP contribution in [0.25, 0.3) is 0 Å². The van der Waals surface area contributed by atoms with Gasteiger partial charge >= 0.3 is 0 Å². The van der Waals surface area contributed by atoms with Crippen molar-refractivity contribution in [3.8, 4) is 11.5 Å². The lowest BCUT2D eigenvalue weighted by atomic mass is 10.1. The molecule has 1 amide bonds. The minimum atomic E-state index is -0.234. The summed E-state index contributed by atoms with van der Waals surface area (Å²) in [6.45, 7) is 0.436. The lowest BCUT2D eigenvalue weighted by Gasteiger charge is -2.18. The highest BCUT2D eigenvalue weighted by molar-refractivity contribution is 9.10. The molecule has 110 valence electrons. The number of phenols is 1. The Hall–Kier alpha value is -2.01. The zero-order valence-electron chi connectivity index (χ0n) is 11.8. The zero-order chi connectivity index (χ0) is 15.4. The van der Waals surface area contributed by atoms with Crippen LogP contribution in [-0.4, -0.2) is 30.1 Å². The Balaban J connectivity index is 2.15. The normalized spacial score (nSPS) is 10.2. The Kier molecular flexibility index (Phi) is 4.85. The van der Waals surface area contributed by atoms with Crippen LogP contribution in [0.4, 0.5) is 0 Å². The van der Waals surface area contributed by atoms with Crippen molar-refractivity contribution in [2.45, 2.75) is 6.54 Å². The molecule has 0 radical (unpaired) electrons. The summed E-state index contributed by atoms with van der Waals surface area (Å²) in [7, 11) is 3.30. The largest absolute Gasteiger partial charge is 0.507 e. The molecule has 0 aliphatic carbocycles. The number of aromatic hydroxyl groups is 1. The van der Waals surface area contributed by atoms with Crippen LogP contribution in [0.15, 0.2) is 46.9 Å². The number of ether oxygens (including phenoxy) is 1. The van der Waals surface area contributed by atoms with E-state index in [2.05, 4.69) is 15.9 Å². The number of methoxy groups -OCH3 is 1. The molecular formula is C16H16BrNO3. The van der Waals surface area contributed by atoms with Gasteiger partial charge in [0.1, 0.15) is 11.5 Å². The molecule has 0 saturated carbocycles. The maximum absolute atomic E-state index is 12.4. The summed E-state index contributed by atoms with van der Waals surface area (Å²) < 4.78 is 5.89. The molecule has 0 fully saturated rings. The van der Waals surface area contributed by atoms with Crippen LogP contribution in [-0.2, 0) is 6.54 Å². The van der Waals surface area contributed by atoms with Crippen molar-refractivity contribution in [2.24, 2.45) is 0 Å². The smallest absolute Gasteiger partial charge is 0.257 e. The van der Waals surface area contributed by atoms with Crippen LogP contribution in [0.5, 0.6) is 11.5 Å². The first-order valence-electron chi connectivity index (χ1n) is 6.38. The molecule has 2 rings (SSSR count). The third-order valence-electron chi connectivity index (χ3n) is 3.09. The molecule has 21 heavy (non-hydrogen) atoms. The van der Waals surface area contributed by atoms with E-state index in [4.69, 9.17) is 4.74 Å². The van der Waals surface area contributed by atoms with Gasteiger partial charge < -0.3 is 14.7 Å². The van der Waals surface area contributed by atoms with E-state index in [1.165, 1.54) is 6.07 Å². The van der Waals surface area contributed by atoms with Crippen molar-refractivity contribution < 1.29 is 14.6 Å². The molecule has 0 aromatic heterocycles. The van der Waals surface area contributed by atoms with Gasteiger partial charge in [-0.25, -0.2) is 0 Å². The average molecular weight is 350 g/mol. The number of carbonyl (C=O) groups is 1. The highest BCUT2D eigenvalue weighted by Gasteiger charge is 2.16. The zero-order valence-corrected chi connectivity index (χ0v) is 13.4. The predicted molar refractivity (Wildman–Crippen MR) is 84.6 cm³/mol. The van der Waals surface area contributed by atoms with Crippen LogP contribution in [0.1, 0.15) is 15.9 Å². The van der Waals surface area contributed by atoms with E-state index >= 15 is 0 Å². The number of phenolic OH excluding ortho intramolecular Hbond substituents is 1. The number of halogens is 1. The Morgan fingerprint density at radius 3 is 2.71 bits per heavy atom. The monoisotopic (exact) mass is 349 g/mol. The van der Waals surface area contributed by atoms with Crippen LogP contribution < -0.4 is 4.74 Å². The van der Waals surface area contributed by atoms with Crippen LogP contribution in [0.2, 0.25) is 0 Å². The summed E-state index contributed by atoms with van der Waals surface area (Å²) in [5, 5.41) is 9.86. The van der Waals surface area contributed by atoms with E-state index in [1.54, 1.807) is 31.2 Å². The second-order valence-corrected chi connectivity index (χ2v) is 5.59. The van der Waals surface area contributed by atoms with Gasteiger partial charge in [-0.15, -0.1) is 0 Å². The summed E-state index contributed by atoms with van der Waals surface area (Å²) >= 11 is 3.25. The van der Waals surface area contributed by atoms with Gasteiger partial charge in [0, 0.05) is 18.1 Å². The Morgan fingerprint density at radius 1 is 1.29 bits per heavy atom. The molecule has 1 N–H and O–H groups in total. The number of benzene rings is 2. The van der Waals surface area contributed by atoms with Gasteiger partial charge in [-0.1, -0.05) is 28.1 Å². The first kappa shape index (κ1) is 15.4. The molecule has 0 aliphatic rings.